The molecule has 0 fully saturated rings. The van der Waals surface area contributed by atoms with Gasteiger partial charge in [0.2, 0.25) is 11.1 Å². The molecular weight excluding hydrogens is 355 g/mol. The van der Waals surface area contributed by atoms with Gasteiger partial charge in [0.25, 0.3) is 0 Å². The van der Waals surface area contributed by atoms with Crippen LogP contribution in [-0.4, -0.2) is 26.0 Å². The third-order valence-electron chi connectivity index (χ3n) is 3.35. The zero-order valence-electron chi connectivity index (χ0n) is 13.7. The lowest BCUT2D eigenvalue weighted by molar-refractivity contribution is -0.137. The fourth-order valence-corrected chi connectivity index (χ4v) is 2.86. The van der Waals surface area contributed by atoms with Crippen LogP contribution in [0.25, 0.3) is 0 Å². The summed E-state index contributed by atoms with van der Waals surface area (Å²) in [5.41, 5.74) is -1.18. The van der Waals surface area contributed by atoms with Crippen LogP contribution in [0.3, 0.4) is 0 Å². The fraction of sp³-hybridized carbons (Fsp3) is 0.400. The van der Waals surface area contributed by atoms with Gasteiger partial charge in [0.1, 0.15) is 0 Å². The average Bonchev–Trinajstić information content (AvgIpc) is 2.88. The lowest BCUT2D eigenvalue weighted by Gasteiger charge is -2.15. The number of aromatic nitrogens is 3. The van der Waals surface area contributed by atoms with Crippen LogP contribution >= 0.6 is 11.8 Å². The summed E-state index contributed by atoms with van der Waals surface area (Å²) in [6.45, 7) is 3.53. The van der Waals surface area contributed by atoms with Gasteiger partial charge in [-0.25, -0.2) is 4.68 Å². The number of nitrogens with two attached hydrogens (primary N) is 1. The molecule has 1 aromatic carbocycles. The topological polar surface area (TPSA) is 85.8 Å². The number of alkyl halides is 3. The Morgan fingerprint density at radius 3 is 2.68 bits per heavy atom. The number of hydrogen-bond donors (Lipinski definition) is 2. The Labute approximate surface area is 147 Å². The number of para-hydroxylation sites is 1. The highest BCUT2D eigenvalue weighted by Crippen LogP contribution is 2.35. The largest absolute Gasteiger partial charge is 0.418 e. The van der Waals surface area contributed by atoms with Crippen molar-refractivity contribution in [2.45, 2.75) is 43.3 Å². The number of benzene rings is 1. The van der Waals surface area contributed by atoms with Gasteiger partial charge >= 0.3 is 6.18 Å². The molecule has 2 aromatic rings. The molecule has 0 unspecified atom stereocenters. The molecule has 0 aliphatic carbocycles. The minimum absolute atomic E-state index is 0.284. The number of nitrogen functional groups attached to an aromatic ring is 1. The van der Waals surface area contributed by atoms with Gasteiger partial charge < -0.3 is 11.2 Å². The molecule has 0 bridgehead atoms. The first-order valence-corrected chi connectivity index (χ1v) is 8.45. The van der Waals surface area contributed by atoms with Crippen LogP contribution < -0.4 is 11.2 Å². The van der Waals surface area contributed by atoms with Crippen molar-refractivity contribution in [3.63, 3.8) is 0 Å². The zero-order valence-corrected chi connectivity index (χ0v) is 14.5. The van der Waals surface area contributed by atoms with Gasteiger partial charge in [0.15, 0.2) is 5.82 Å². The van der Waals surface area contributed by atoms with Gasteiger partial charge in [-0.05, 0) is 25.5 Å². The third-order valence-corrected chi connectivity index (χ3v) is 4.41. The summed E-state index contributed by atoms with van der Waals surface area (Å²) in [4.78, 5) is 12.2. The van der Waals surface area contributed by atoms with Gasteiger partial charge in [0.05, 0.1) is 16.5 Å². The molecule has 0 aliphatic heterocycles. The predicted octanol–water partition coefficient (Wildman–Crippen LogP) is 3.08. The quantitative estimate of drug-likeness (QED) is 0.600. The number of hydrogen-bond acceptors (Lipinski definition) is 5. The highest BCUT2D eigenvalue weighted by Gasteiger charge is 2.34. The van der Waals surface area contributed by atoms with Crippen molar-refractivity contribution in [1.29, 1.82) is 0 Å². The predicted molar refractivity (Wildman–Crippen MR) is 89.6 cm³/mol. The van der Waals surface area contributed by atoms with Crippen LogP contribution in [0.4, 0.5) is 18.9 Å². The second kappa shape index (κ2) is 7.77. The molecule has 0 radical (unpaired) electrons. The van der Waals surface area contributed by atoms with E-state index in [-0.39, 0.29) is 5.69 Å². The number of carbonyl (C=O) groups is 1. The number of aryl methyl sites for hydroxylation is 1. The van der Waals surface area contributed by atoms with E-state index in [0.29, 0.717) is 17.4 Å². The molecule has 136 valence electrons. The summed E-state index contributed by atoms with van der Waals surface area (Å²) in [7, 11) is 0. The van der Waals surface area contributed by atoms with E-state index >= 15 is 0 Å². The Morgan fingerprint density at radius 2 is 2.04 bits per heavy atom. The van der Waals surface area contributed by atoms with Gasteiger partial charge in [-0.1, -0.05) is 30.8 Å². The fourth-order valence-electron chi connectivity index (χ4n) is 2.07. The van der Waals surface area contributed by atoms with Crippen molar-refractivity contribution in [2.75, 3.05) is 11.2 Å². The van der Waals surface area contributed by atoms with Crippen LogP contribution in [0.5, 0.6) is 0 Å². The van der Waals surface area contributed by atoms with Gasteiger partial charge in [-0.3, -0.25) is 4.79 Å². The Balaban J connectivity index is 2.09. The van der Waals surface area contributed by atoms with Crippen molar-refractivity contribution in [3.8, 4) is 0 Å². The van der Waals surface area contributed by atoms with E-state index in [9.17, 15) is 18.0 Å². The molecule has 3 N–H and O–H groups in total. The molecule has 0 saturated heterocycles. The molecule has 0 spiro atoms. The van der Waals surface area contributed by atoms with Crippen molar-refractivity contribution >= 4 is 23.4 Å². The maximum Gasteiger partial charge on any atom is 0.418 e. The standard InChI is InChI=1S/C15H18F3N5OS/c1-3-6-12-21-22-14(23(12)19)25-9(2)13(24)20-11-8-5-4-7-10(11)15(16,17)18/h4-5,7-9H,3,6,19H2,1-2H3,(H,20,24)/t9-/m1/s1. The molecule has 1 heterocycles. The first kappa shape index (κ1) is 19.1. The Bertz CT molecular complexity index is 747. The van der Waals surface area contributed by atoms with E-state index < -0.39 is 22.9 Å². The molecule has 10 heteroatoms. The summed E-state index contributed by atoms with van der Waals surface area (Å²) in [5, 5.41) is 9.78. The van der Waals surface area contributed by atoms with E-state index in [0.717, 1.165) is 24.2 Å². The van der Waals surface area contributed by atoms with Crippen LogP contribution in [0, 0.1) is 0 Å². The normalized spacial score (nSPS) is 12.8. The number of nitrogens with zero attached hydrogens (tertiary/aromatic N) is 3. The van der Waals surface area contributed by atoms with Crippen molar-refractivity contribution in [1.82, 2.24) is 14.9 Å². The number of thioether (sulfide) groups is 1. The zero-order chi connectivity index (χ0) is 18.6. The highest BCUT2D eigenvalue weighted by molar-refractivity contribution is 8.00. The Kier molecular flexibility index (Phi) is 5.93. The number of amides is 1. The van der Waals surface area contributed by atoms with Gasteiger partial charge in [0, 0.05) is 6.42 Å². The summed E-state index contributed by atoms with van der Waals surface area (Å²) in [6.07, 6.45) is -3.07. The van der Waals surface area contributed by atoms with Crippen LogP contribution in [0.2, 0.25) is 0 Å². The molecule has 1 amide bonds. The van der Waals surface area contributed by atoms with Crippen LogP contribution in [0.1, 0.15) is 31.7 Å². The van der Waals surface area contributed by atoms with Gasteiger partial charge in [-0.15, -0.1) is 10.2 Å². The molecule has 1 atom stereocenters. The van der Waals surface area contributed by atoms with E-state index in [1.165, 1.54) is 22.9 Å². The van der Waals surface area contributed by atoms with Crippen molar-refractivity contribution in [2.24, 2.45) is 0 Å². The monoisotopic (exact) mass is 373 g/mol. The number of anilines is 1. The number of nitrogens with one attached hydrogen (secondary N) is 1. The van der Waals surface area contributed by atoms with Crippen molar-refractivity contribution in [3.05, 3.63) is 35.7 Å². The SMILES string of the molecule is CCCc1nnc(S[C@H](C)C(=O)Nc2ccccc2C(F)(F)F)n1N. The average molecular weight is 373 g/mol. The molecular formula is C15H18F3N5OS. The molecule has 0 saturated carbocycles. The summed E-state index contributed by atoms with van der Waals surface area (Å²) < 4.78 is 40.2. The van der Waals surface area contributed by atoms with Crippen LogP contribution in [0.15, 0.2) is 29.4 Å². The summed E-state index contributed by atoms with van der Waals surface area (Å²) in [6, 6.07) is 4.82. The minimum atomic E-state index is -4.55. The minimum Gasteiger partial charge on any atom is -0.336 e. The first-order valence-electron chi connectivity index (χ1n) is 7.57. The van der Waals surface area contributed by atoms with E-state index in [1.807, 2.05) is 6.92 Å². The number of rotatable bonds is 6. The maximum absolute atomic E-state index is 13.0. The molecule has 25 heavy (non-hydrogen) atoms. The third kappa shape index (κ3) is 4.65. The Morgan fingerprint density at radius 1 is 1.36 bits per heavy atom. The van der Waals surface area contributed by atoms with Crippen LogP contribution in [-0.2, 0) is 17.4 Å². The molecule has 1 aromatic heterocycles. The van der Waals surface area contributed by atoms with Crippen molar-refractivity contribution < 1.29 is 18.0 Å². The van der Waals surface area contributed by atoms with E-state index in [1.54, 1.807) is 6.92 Å². The van der Waals surface area contributed by atoms with E-state index in [2.05, 4.69) is 15.5 Å². The first-order chi connectivity index (χ1) is 11.7. The van der Waals surface area contributed by atoms with Gasteiger partial charge in [-0.2, -0.15) is 13.2 Å². The number of halogens is 3. The molecule has 0 aliphatic rings. The lowest BCUT2D eigenvalue weighted by atomic mass is 10.1. The summed E-state index contributed by atoms with van der Waals surface area (Å²) in [5.74, 6) is 5.86. The maximum atomic E-state index is 13.0. The number of carbonyl (C=O) groups excluding carboxylic acids is 1. The molecule has 6 nitrogen and oxygen atoms in total. The molecule has 2 rings (SSSR count). The second-order valence-corrected chi connectivity index (χ2v) is 6.62. The second-order valence-electron chi connectivity index (χ2n) is 5.31. The highest BCUT2D eigenvalue weighted by atomic mass is 32.2. The lowest BCUT2D eigenvalue weighted by Crippen LogP contribution is -2.25. The van der Waals surface area contributed by atoms with E-state index in [4.69, 9.17) is 5.84 Å². The smallest absolute Gasteiger partial charge is 0.336 e. The summed E-state index contributed by atoms with van der Waals surface area (Å²) >= 11 is 1.03. The Hall–Kier alpha value is -2.23.